The van der Waals surface area contributed by atoms with Gasteiger partial charge in [-0.05, 0) is 37.5 Å². The molecule has 0 radical (unpaired) electrons. The summed E-state index contributed by atoms with van der Waals surface area (Å²) in [7, 11) is 1.88. The number of carbonyl (C=O) groups is 1. The molecule has 8 nitrogen and oxygen atoms in total. The summed E-state index contributed by atoms with van der Waals surface area (Å²) in [6.45, 7) is 6.22. The molecule has 0 bridgehead atoms. The molecule has 1 aliphatic carbocycles. The number of amides is 1. The van der Waals surface area contributed by atoms with E-state index in [4.69, 9.17) is 10.7 Å². The number of anilines is 3. The Kier molecular flexibility index (Phi) is 5.54. The average molecular weight is 451 g/mol. The molecule has 2 aliphatic rings. The number of hydrogen-bond donors (Lipinski definition) is 2. The molecule has 0 aromatic carbocycles. The quantitative estimate of drug-likeness (QED) is 0.724. The number of aromatic nitrogens is 4. The van der Waals surface area contributed by atoms with Crippen LogP contribution in [-0.2, 0) is 23.9 Å². The second kappa shape index (κ2) is 7.93. The molecular formula is C21H28F3N7O. The van der Waals surface area contributed by atoms with Crippen molar-refractivity contribution in [2.75, 3.05) is 23.0 Å². The fraction of sp³-hybridized carbons (Fsp3) is 0.619. The molecule has 3 heterocycles. The van der Waals surface area contributed by atoms with Gasteiger partial charge in [0, 0.05) is 26.1 Å². The van der Waals surface area contributed by atoms with E-state index in [-0.39, 0.29) is 29.6 Å². The molecule has 2 aromatic heterocycles. The van der Waals surface area contributed by atoms with Crippen molar-refractivity contribution in [3.05, 3.63) is 23.3 Å². The number of nitrogens with one attached hydrogen (secondary N) is 1. The SMILES string of the molecule is Cc1nc(CC2CC(Cn3nc(C(F)(F)F)cc3N)C2)nc2c1NC(=O)[C@H](C(C)C)N2C. The molecule has 11 heteroatoms. The minimum absolute atomic E-state index is 0.0270. The molecule has 0 saturated heterocycles. The number of nitrogen functional groups attached to an aromatic ring is 1. The molecule has 1 saturated carbocycles. The maximum atomic E-state index is 12.8. The highest BCUT2D eigenvalue weighted by Gasteiger charge is 2.37. The lowest BCUT2D eigenvalue weighted by Crippen LogP contribution is -2.49. The zero-order chi connectivity index (χ0) is 23.4. The molecule has 1 amide bonds. The summed E-state index contributed by atoms with van der Waals surface area (Å²) in [5, 5.41) is 6.55. The van der Waals surface area contributed by atoms with Crippen LogP contribution in [0.15, 0.2) is 6.07 Å². The van der Waals surface area contributed by atoms with E-state index in [1.807, 2.05) is 32.7 Å². The van der Waals surface area contributed by atoms with E-state index in [9.17, 15) is 18.0 Å². The predicted molar refractivity (Wildman–Crippen MR) is 114 cm³/mol. The minimum atomic E-state index is -4.50. The van der Waals surface area contributed by atoms with Gasteiger partial charge >= 0.3 is 6.18 Å². The largest absolute Gasteiger partial charge is 0.435 e. The normalized spacial score (nSPS) is 23.2. The summed E-state index contributed by atoms with van der Waals surface area (Å²) < 4.78 is 39.7. The minimum Gasteiger partial charge on any atom is -0.384 e. The van der Waals surface area contributed by atoms with E-state index in [0.717, 1.165) is 30.4 Å². The third-order valence-electron chi connectivity index (χ3n) is 6.35. The maximum absolute atomic E-state index is 12.8. The molecule has 0 unspecified atom stereocenters. The Labute approximate surface area is 184 Å². The van der Waals surface area contributed by atoms with E-state index in [1.165, 1.54) is 4.68 Å². The van der Waals surface area contributed by atoms with Crippen molar-refractivity contribution in [1.29, 1.82) is 0 Å². The maximum Gasteiger partial charge on any atom is 0.435 e. The number of likely N-dealkylation sites (N-methyl/N-ethyl adjacent to an activating group) is 1. The summed E-state index contributed by atoms with van der Waals surface area (Å²) in [5.74, 6) is 2.11. The van der Waals surface area contributed by atoms with Crippen LogP contribution in [0, 0.1) is 24.7 Å². The Morgan fingerprint density at radius 1 is 1.25 bits per heavy atom. The van der Waals surface area contributed by atoms with Gasteiger partial charge in [-0.15, -0.1) is 0 Å². The van der Waals surface area contributed by atoms with Gasteiger partial charge in [-0.25, -0.2) is 14.6 Å². The number of nitrogens with two attached hydrogens (primary N) is 1. The first-order valence-corrected chi connectivity index (χ1v) is 10.8. The zero-order valence-electron chi connectivity index (χ0n) is 18.6. The van der Waals surface area contributed by atoms with Crippen LogP contribution in [0.4, 0.5) is 30.5 Å². The lowest BCUT2D eigenvalue weighted by Gasteiger charge is -2.38. The van der Waals surface area contributed by atoms with Crippen LogP contribution in [-0.4, -0.2) is 38.7 Å². The molecule has 1 fully saturated rings. The Morgan fingerprint density at radius 3 is 2.53 bits per heavy atom. The lowest BCUT2D eigenvalue weighted by atomic mass is 9.73. The van der Waals surface area contributed by atoms with Crippen LogP contribution in [0.1, 0.15) is 43.9 Å². The first kappa shape index (κ1) is 22.3. The molecule has 0 spiro atoms. The molecule has 1 atom stereocenters. The van der Waals surface area contributed by atoms with Gasteiger partial charge in [-0.2, -0.15) is 18.3 Å². The van der Waals surface area contributed by atoms with E-state index >= 15 is 0 Å². The summed E-state index contributed by atoms with van der Waals surface area (Å²) in [6, 6.07) is 0.582. The zero-order valence-corrected chi connectivity index (χ0v) is 18.6. The van der Waals surface area contributed by atoms with Gasteiger partial charge in [0.1, 0.15) is 23.4 Å². The summed E-state index contributed by atoms with van der Waals surface area (Å²) in [5.41, 5.74) is 6.13. The summed E-state index contributed by atoms with van der Waals surface area (Å²) >= 11 is 0. The van der Waals surface area contributed by atoms with E-state index in [2.05, 4.69) is 15.4 Å². The number of carbonyl (C=O) groups excluding carboxylic acids is 1. The first-order chi connectivity index (χ1) is 14.9. The summed E-state index contributed by atoms with van der Waals surface area (Å²) in [6.07, 6.45) is -2.12. The number of aryl methyl sites for hydroxylation is 1. The van der Waals surface area contributed by atoms with Gasteiger partial charge in [0.2, 0.25) is 5.91 Å². The van der Waals surface area contributed by atoms with Crippen molar-refractivity contribution >= 4 is 23.2 Å². The van der Waals surface area contributed by atoms with Gasteiger partial charge in [0.05, 0.1) is 5.69 Å². The fourth-order valence-electron chi connectivity index (χ4n) is 4.77. The van der Waals surface area contributed by atoms with Gasteiger partial charge in [0.15, 0.2) is 11.5 Å². The number of fused-ring (bicyclic) bond motifs is 1. The van der Waals surface area contributed by atoms with Gasteiger partial charge in [-0.3, -0.25) is 4.79 Å². The van der Waals surface area contributed by atoms with Gasteiger partial charge in [-0.1, -0.05) is 13.8 Å². The number of alkyl halides is 3. The molecule has 4 rings (SSSR count). The van der Waals surface area contributed by atoms with Crippen molar-refractivity contribution in [2.24, 2.45) is 17.8 Å². The number of rotatable bonds is 5. The predicted octanol–water partition coefficient (Wildman–Crippen LogP) is 3.26. The standard InChI is InChI=1S/C21H28F3N7O/c1-10(2)18-20(32)28-17-11(3)26-16(27-19(17)30(18)4)7-12-5-13(6-12)9-31-15(25)8-14(29-31)21(22,23)24/h8,10,12-13,18H,5-7,9,25H2,1-4H3,(H,28,32)/t12?,13?,18-/m0/s1. The number of hydrogen-bond acceptors (Lipinski definition) is 6. The Balaban J connectivity index is 1.40. The van der Waals surface area contributed by atoms with Crippen LogP contribution in [0.5, 0.6) is 0 Å². The van der Waals surface area contributed by atoms with Crippen molar-refractivity contribution in [2.45, 2.75) is 58.8 Å². The Hall–Kier alpha value is -2.85. The Bertz CT molecular complexity index is 1030. The molecule has 3 N–H and O–H groups in total. The molecule has 2 aromatic rings. The van der Waals surface area contributed by atoms with Crippen LogP contribution in [0.3, 0.4) is 0 Å². The topological polar surface area (TPSA) is 102 Å². The summed E-state index contributed by atoms with van der Waals surface area (Å²) in [4.78, 5) is 23.7. The monoisotopic (exact) mass is 451 g/mol. The highest BCUT2D eigenvalue weighted by atomic mass is 19.4. The van der Waals surface area contributed by atoms with Crippen molar-refractivity contribution in [1.82, 2.24) is 19.7 Å². The molecule has 32 heavy (non-hydrogen) atoms. The second-order valence-corrected chi connectivity index (χ2v) is 9.25. The fourth-order valence-corrected chi connectivity index (χ4v) is 4.77. The first-order valence-electron chi connectivity index (χ1n) is 10.8. The van der Waals surface area contributed by atoms with Gasteiger partial charge < -0.3 is 16.0 Å². The third kappa shape index (κ3) is 4.12. The third-order valence-corrected chi connectivity index (χ3v) is 6.35. The second-order valence-electron chi connectivity index (χ2n) is 9.25. The van der Waals surface area contributed by atoms with Crippen LogP contribution in [0.2, 0.25) is 0 Å². The highest BCUT2D eigenvalue weighted by Crippen LogP contribution is 2.39. The van der Waals surface area contributed by atoms with Crippen LogP contribution in [0.25, 0.3) is 0 Å². The van der Waals surface area contributed by atoms with E-state index in [1.54, 1.807) is 0 Å². The molecule has 1 aliphatic heterocycles. The smallest absolute Gasteiger partial charge is 0.384 e. The van der Waals surface area contributed by atoms with Crippen LogP contribution >= 0.6 is 0 Å². The van der Waals surface area contributed by atoms with Crippen molar-refractivity contribution < 1.29 is 18.0 Å². The molecular weight excluding hydrogens is 423 g/mol. The molecule has 174 valence electrons. The van der Waals surface area contributed by atoms with Crippen LogP contribution < -0.4 is 16.0 Å². The average Bonchev–Trinajstić information content (AvgIpc) is 3.02. The Morgan fingerprint density at radius 2 is 1.94 bits per heavy atom. The highest BCUT2D eigenvalue weighted by molar-refractivity contribution is 6.03. The number of halogens is 3. The van der Waals surface area contributed by atoms with Crippen molar-refractivity contribution in [3.63, 3.8) is 0 Å². The van der Waals surface area contributed by atoms with E-state index < -0.39 is 11.9 Å². The number of nitrogens with zero attached hydrogens (tertiary/aromatic N) is 5. The van der Waals surface area contributed by atoms with Gasteiger partial charge in [0.25, 0.3) is 0 Å². The van der Waals surface area contributed by atoms with Crippen molar-refractivity contribution in [3.8, 4) is 0 Å². The van der Waals surface area contributed by atoms with E-state index in [0.29, 0.717) is 30.4 Å². The lowest BCUT2D eigenvalue weighted by molar-refractivity contribution is -0.141.